The fourth-order valence-electron chi connectivity index (χ4n) is 1.80. The van der Waals surface area contributed by atoms with Crippen molar-refractivity contribution in [1.29, 1.82) is 0 Å². The lowest BCUT2D eigenvalue weighted by Gasteiger charge is -2.23. The van der Waals surface area contributed by atoms with E-state index in [4.69, 9.17) is 13.9 Å². The van der Waals surface area contributed by atoms with E-state index in [0.717, 1.165) is 12.4 Å². The van der Waals surface area contributed by atoms with Crippen LogP contribution in [0.5, 0.6) is 5.75 Å². The molecule has 1 aromatic carbocycles. The van der Waals surface area contributed by atoms with Gasteiger partial charge < -0.3 is 13.9 Å². The molecule has 0 amide bonds. The van der Waals surface area contributed by atoms with Gasteiger partial charge in [0.15, 0.2) is 9.76 Å². The quantitative estimate of drug-likeness (QED) is 0.567. The molecule has 1 saturated heterocycles. The van der Waals surface area contributed by atoms with E-state index in [0.29, 0.717) is 12.7 Å². The predicted molar refractivity (Wildman–Crippen MR) is 70.3 cm³/mol. The zero-order chi connectivity index (χ0) is 12.3. The van der Waals surface area contributed by atoms with Gasteiger partial charge in [-0.3, -0.25) is 0 Å². The standard InChI is InChI=1S/C13H20O3Si/c1-13(2,17-14-3)10-4-6-11(7-5-10)15-8-12-9-16-12/h4-7,12H,8-9,17H2,1-3H3. The molecule has 94 valence electrons. The van der Waals surface area contributed by atoms with Gasteiger partial charge in [0, 0.05) is 12.1 Å². The first-order valence-corrected chi connectivity index (χ1v) is 7.24. The van der Waals surface area contributed by atoms with E-state index in [1.54, 1.807) is 7.11 Å². The average Bonchev–Trinajstić information content (AvgIpc) is 3.11. The van der Waals surface area contributed by atoms with Gasteiger partial charge in [0.25, 0.3) is 0 Å². The van der Waals surface area contributed by atoms with Crippen molar-refractivity contribution in [3.8, 4) is 5.75 Å². The molecule has 0 saturated carbocycles. The summed E-state index contributed by atoms with van der Waals surface area (Å²) in [5.41, 5.74) is 1.32. The van der Waals surface area contributed by atoms with Crippen LogP contribution in [0.15, 0.2) is 24.3 Å². The first-order chi connectivity index (χ1) is 8.12. The topological polar surface area (TPSA) is 31.0 Å². The molecule has 1 unspecified atom stereocenters. The Balaban J connectivity index is 1.95. The molecular formula is C13H20O3Si. The smallest absolute Gasteiger partial charge is 0.170 e. The van der Waals surface area contributed by atoms with Gasteiger partial charge in [-0.25, -0.2) is 0 Å². The summed E-state index contributed by atoms with van der Waals surface area (Å²) < 4.78 is 16.1. The second kappa shape index (κ2) is 5.21. The summed E-state index contributed by atoms with van der Waals surface area (Å²) in [6.45, 7) is 5.97. The van der Waals surface area contributed by atoms with E-state index in [-0.39, 0.29) is 5.04 Å². The van der Waals surface area contributed by atoms with Crippen LogP contribution in [0.4, 0.5) is 0 Å². The number of benzene rings is 1. The summed E-state index contributed by atoms with van der Waals surface area (Å²) in [7, 11) is 1.26. The molecule has 0 bridgehead atoms. The summed E-state index contributed by atoms with van der Waals surface area (Å²) >= 11 is 0. The molecule has 3 nitrogen and oxygen atoms in total. The lowest BCUT2D eigenvalue weighted by atomic mass is 10.0. The molecule has 1 aliphatic rings. The third-order valence-electron chi connectivity index (χ3n) is 2.98. The van der Waals surface area contributed by atoms with E-state index >= 15 is 0 Å². The monoisotopic (exact) mass is 252 g/mol. The van der Waals surface area contributed by atoms with Gasteiger partial charge in [-0.1, -0.05) is 26.0 Å². The highest BCUT2D eigenvalue weighted by Crippen LogP contribution is 2.24. The van der Waals surface area contributed by atoms with E-state index in [2.05, 4.69) is 26.0 Å². The molecule has 0 aromatic heterocycles. The van der Waals surface area contributed by atoms with Gasteiger partial charge in [0.1, 0.15) is 18.5 Å². The maximum Gasteiger partial charge on any atom is 0.170 e. The van der Waals surface area contributed by atoms with Gasteiger partial charge in [0.2, 0.25) is 0 Å². The molecule has 0 spiro atoms. The van der Waals surface area contributed by atoms with Crippen LogP contribution in [0.25, 0.3) is 0 Å². The predicted octanol–water partition coefficient (Wildman–Crippen LogP) is 1.43. The minimum absolute atomic E-state index is 0.173. The van der Waals surface area contributed by atoms with E-state index < -0.39 is 9.76 Å². The molecule has 1 heterocycles. The van der Waals surface area contributed by atoms with Gasteiger partial charge in [-0.15, -0.1) is 0 Å². The van der Waals surface area contributed by atoms with Crippen LogP contribution < -0.4 is 4.74 Å². The van der Waals surface area contributed by atoms with Crippen LogP contribution in [0.1, 0.15) is 19.4 Å². The van der Waals surface area contributed by atoms with Crippen LogP contribution in [-0.2, 0) is 14.2 Å². The Morgan fingerprint density at radius 2 is 2.00 bits per heavy atom. The Morgan fingerprint density at radius 3 is 2.53 bits per heavy atom. The van der Waals surface area contributed by atoms with Crippen molar-refractivity contribution in [3.63, 3.8) is 0 Å². The fourth-order valence-corrected chi connectivity index (χ4v) is 2.92. The molecule has 0 N–H and O–H groups in total. The molecule has 1 atom stereocenters. The maximum absolute atomic E-state index is 5.61. The maximum atomic E-state index is 5.61. The number of ether oxygens (including phenoxy) is 2. The molecule has 0 aliphatic carbocycles. The van der Waals surface area contributed by atoms with Crippen LogP contribution in [0.3, 0.4) is 0 Å². The zero-order valence-electron chi connectivity index (χ0n) is 10.7. The highest BCUT2D eigenvalue weighted by Gasteiger charge is 2.24. The van der Waals surface area contributed by atoms with Crippen LogP contribution in [0, 0.1) is 0 Å². The largest absolute Gasteiger partial charge is 0.491 e. The van der Waals surface area contributed by atoms with E-state index in [1.165, 1.54) is 5.56 Å². The Hall–Kier alpha value is -0.843. The lowest BCUT2D eigenvalue weighted by Crippen LogP contribution is -2.27. The Kier molecular flexibility index (Phi) is 3.86. The summed E-state index contributed by atoms with van der Waals surface area (Å²) in [4.78, 5) is 0. The highest BCUT2D eigenvalue weighted by atomic mass is 28.2. The first kappa shape index (κ1) is 12.6. The second-order valence-corrected chi connectivity index (χ2v) is 7.74. The minimum atomic E-state index is -0.536. The third kappa shape index (κ3) is 3.56. The van der Waals surface area contributed by atoms with Crippen molar-refractivity contribution >= 4 is 9.76 Å². The molecule has 1 aromatic rings. The molecule has 17 heavy (non-hydrogen) atoms. The fraction of sp³-hybridized carbons (Fsp3) is 0.538. The van der Waals surface area contributed by atoms with Gasteiger partial charge in [-0.05, 0) is 17.7 Å². The average molecular weight is 252 g/mol. The number of hydrogen-bond acceptors (Lipinski definition) is 3. The summed E-state index contributed by atoms with van der Waals surface area (Å²) in [5, 5.41) is 0.173. The van der Waals surface area contributed by atoms with Gasteiger partial charge in [0.05, 0.1) is 6.61 Å². The number of epoxide rings is 1. The highest BCUT2D eigenvalue weighted by molar-refractivity contribution is 6.32. The van der Waals surface area contributed by atoms with E-state index in [9.17, 15) is 0 Å². The van der Waals surface area contributed by atoms with Crippen LogP contribution in [0.2, 0.25) is 0 Å². The molecule has 2 rings (SSSR count). The summed E-state index contributed by atoms with van der Waals surface area (Å²) in [6.07, 6.45) is 0.312. The van der Waals surface area contributed by atoms with Gasteiger partial charge >= 0.3 is 0 Å². The molecule has 0 radical (unpaired) electrons. The Morgan fingerprint density at radius 1 is 1.35 bits per heavy atom. The zero-order valence-corrected chi connectivity index (χ0v) is 12.1. The van der Waals surface area contributed by atoms with Crippen molar-refractivity contribution in [1.82, 2.24) is 0 Å². The normalized spacial score (nSPS) is 19.8. The molecular weight excluding hydrogens is 232 g/mol. The van der Waals surface area contributed by atoms with Crippen molar-refractivity contribution < 1.29 is 13.9 Å². The lowest BCUT2D eigenvalue weighted by molar-refractivity contribution is 0.263. The molecule has 1 fully saturated rings. The minimum Gasteiger partial charge on any atom is -0.491 e. The first-order valence-electron chi connectivity index (χ1n) is 5.96. The third-order valence-corrected chi connectivity index (χ3v) is 4.40. The van der Waals surface area contributed by atoms with E-state index in [1.807, 2.05) is 12.1 Å². The van der Waals surface area contributed by atoms with Crippen molar-refractivity contribution in [2.75, 3.05) is 20.3 Å². The van der Waals surface area contributed by atoms with Crippen LogP contribution >= 0.6 is 0 Å². The molecule has 1 aliphatic heterocycles. The van der Waals surface area contributed by atoms with Crippen molar-refractivity contribution in [2.24, 2.45) is 0 Å². The number of rotatable bonds is 6. The Labute approximate surface area is 105 Å². The van der Waals surface area contributed by atoms with Crippen molar-refractivity contribution in [3.05, 3.63) is 29.8 Å². The molecule has 4 heteroatoms. The summed E-state index contributed by atoms with van der Waals surface area (Å²) in [6, 6.07) is 8.33. The van der Waals surface area contributed by atoms with Crippen LogP contribution in [-0.4, -0.2) is 36.2 Å². The number of hydrogen-bond donors (Lipinski definition) is 0. The SMILES string of the molecule is CO[SiH2]C(C)(C)c1ccc(OCC2CO2)cc1. The Bertz CT molecular complexity index is 357. The van der Waals surface area contributed by atoms with Crippen molar-refractivity contribution in [2.45, 2.75) is 25.0 Å². The second-order valence-electron chi connectivity index (χ2n) is 5.11. The summed E-state index contributed by atoms with van der Waals surface area (Å²) in [5.74, 6) is 0.916. The van der Waals surface area contributed by atoms with Gasteiger partial charge in [-0.2, -0.15) is 0 Å².